The number of fused-ring (bicyclic) bond motifs is 1. The Balaban J connectivity index is 1.89. The zero-order valence-corrected chi connectivity index (χ0v) is 10.9. The molecule has 0 spiro atoms. The van der Waals surface area contributed by atoms with E-state index in [0.29, 0.717) is 23.6 Å². The van der Waals surface area contributed by atoms with Crippen LogP contribution in [0.4, 0.5) is 4.39 Å². The number of aliphatic hydroxyl groups is 1. The second-order valence-electron chi connectivity index (χ2n) is 4.67. The maximum atomic E-state index is 13.3. The number of methoxy groups -OCH3 is 1. The van der Waals surface area contributed by atoms with Crippen LogP contribution in [0.25, 0.3) is 0 Å². The van der Waals surface area contributed by atoms with E-state index in [1.165, 1.54) is 12.1 Å². The lowest BCUT2D eigenvalue weighted by Crippen LogP contribution is -2.19. The van der Waals surface area contributed by atoms with Gasteiger partial charge in [0.1, 0.15) is 17.7 Å². The number of nitrogens with zero attached hydrogens (tertiary/aromatic N) is 1. The molecule has 5 heteroatoms. The van der Waals surface area contributed by atoms with Crippen LogP contribution in [0.1, 0.15) is 29.8 Å². The molecule has 2 heterocycles. The first-order valence-electron chi connectivity index (χ1n) is 6.31. The average Bonchev–Trinajstić information content (AvgIpc) is 2.46. The van der Waals surface area contributed by atoms with E-state index < -0.39 is 6.10 Å². The van der Waals surface area contributed by atoms with Gasteiger partial charge in [-0.15, -0.1) is 0 Å². The van der Waals surface area contributed by atoms with E-state index in [1.54, 1.807) is 25.4 Å². The van der Waals surface area contributed by atoms with Gasteiger partial charge in [-0.25, -0.2) is 9.37 Å². The Labute approximate surface area is 115 Å². The predicted molar refractivity (Wildman–Crippen MR) is 70.1 cm³/mol. The Morgan fingerprint density at radius 2 is 2.20 bits per heavy atom. The summed E-state index contributed by atoms with van der Waals surface area (Å²) in [5.41, 5.74) is 1.43. The molecule has 3 rings (SSSR count). The molecule has 2 atom stereocenters. The van der Waals surface area contributed by atoms with E-state index in [9.17, 15) is 9.50 Å². The van der Waals surface area contributed by atoms with Crippen LogP contribution in [-0.2, 0) is 0 Å². The number of hydrogen-bond acceptors (Lipinski definition) is 4. The van der Waals surface area contributed by atoms with Gasteiger partial charge in [-0.05, 0) is 18.2 Å². The third-order valence-corrected chi connectivity index (χ3v) is 3.38. The van der Waals surface area contributed by atoms with E-state index >= 15 is 0 Å². The van der Waals surface area contributed by atoms with Crippen LogP contribution in [0, 0.1) is 5.82 Å². The lowest BCUT2D eigenvalue weighted by Gasteiger charge is -2.29. The molecule has 1 unspecified atom stereocenters. The first-order chi connectivity index (χ1) is 9.67. The molecule has 0 amide bonds. The molecule has 1 aliphatic heterocycles. The molecule has 4 nitrogen and oxygen atoms in total. The van der Waals surface area contributed by atoms with Gasteiger partial charge in [0.25, 0.3) is 0 Å². The molecule has 20 heavy (non-hydrogen) atoms. The average molecular weight is 275 g/mol. The van der Waals surface area contributed by atoms with Crippen LogP contribution in [0.2, 0.25) is 0 Å². The van der Waals surface area contributed by atoms with E-state index in [1.807, 2.05) is 6.07 Å². The molecule has 1 N–H and O–H groups in total. The van der Waals surface area contributed by atoms with Crippen molar-refractivity contribution in [3.8, 4) is 11.6 Å². The lowest BCUT2D eigenvalue weighted by atomic mass is 9.96. The molecule has 0 saturated heterocycles. The smallest absolute Gasteiger partial charge is 0.212 e. The summed E-state index contributed by atoms with van der Waals surface area (Å²) in [5, 5.41) is 10.1. The van der Waals surface area contributed by atoms with Crippen molar-refractivity contribution in [1.29, 1.82) is 0 Å². The van der Waals surface area contributed by atoms with Crippen molar-refractivity contribution >= 4 is 0 Å². The molecule has 2 aromatic rings. The van der Waals surface area contributed by atoms with Gasteiger partial charge < -0.3 is 14.6 Å². The summed E-state index contributed by atoms with van der Waals surface area (Å²) in [6.45, 7) is 0. The Bertz CT molecular complexity index is 615. The first-order valence-corrected chi connectivity index (χ1v) is 6.31. The van der Waals surface area contributed by atoms with Crippen LogP contribution < -0.4 is 9.47 Å². The van der Waals surface area contributed by atoms with Gasteiger partial charge >= 0.3 is 0 Å². The number of rotatable bonds is 2. The quantitative estimate of drug-likeness (QED) is 0.915. The molecule has 0 radical (unpaired) electrons. The molecule has 1 aromatic heterocycles. The van der Waals surface area contributed by atoms with Gasteiger partial charge in [-0.3, -0.25) is 0 Å². The van der Waals surface area contributed by atoms with Crippen LogP contribution in [-0.4, -0.2) is 17.2 Å². The molecule has 104 valence electrons. The van der Waals surface area contributed by atoms with Crippen LogP contribution >= 0.6 is 0 Å². The highest BCUT2D eigenvalue weighted by atomic mass is 19.1. The van der Waals surface area contributed by atoms with Gasteiger partial charge in [0.2, 0.25) is 5.88 Å². The third kappa shape index (κ3) is 2.32. The van der Waals surface area contributed by atoms with Gasteiger partial charge in [0.05, 0.1) is 13.2 Å². The zero-order chi connectivity index (χ0) is 14.1. The number of benzene rings is 1. The van der Waals surface area contributed by atoms with E-state index in [2.05, 4.69) is 4.98 Å². The zero-order valence-electron chi connectivity index (χ0n) is 10.9. The van der Waals surface area contributed by atoms with Crippen molar-refractivity contribution in [2.24, 2.45) is 0 Å². The summed E-state index contributed by atoms with van der Waals surface area (Å²) in [6.07, 6.45) is 1.02. The third-order valence-electron chi connectivity index (χ3n) is 3.38. The molecule has 1 aromatic carbocycles. The molecular weight excluding hydrogens is 261 g/mol. The van der Waals surface area contributed by atoms with Gasteiger partial charge in [0.15, 0.2) is 0 Å². The maximum absolute atomic E-state index is 13.3. The van der Waals surface area contributed by atoms with Crippen LogP contribution in [0.15, 0.2) is 36.5 Å². The number of halogens is 1. The Morgan fingerprint density at radius 3 is 2.90 bits per heavy atom. The summed E-state index contributed by atoms with van der Waals surface area (Å²) in [5.74, 6) is 0.505. The van der Waals surface area contributed by atoms with Crippen molar-refractivity contribution in [3.63, 3.8) is 0 Å². The second-order valence-corrected chi connectivity index (χ2v) is 4.67. The van der Waals surface area contributed by atoms with E-state index in [4.69, 9.17) is 9.47 Å². The van der Waals surface area contributed by atoms with Crippen LogP contribution in [0.5, 0.6) is 11.6 Å². The summed E-state index contributed by atoms with van der Waals surface area (Å²) in [6, 6.07) is 7.72. The van der Waals surface area contributed by atoms with Crippen molar-refractivity contribution in [2.75, 3.05) is 7.11 Å². The molecular formula is C15H14FNO3. The van der Waals surface area contributed by atoms with Crippen molar-refractivity contribution < 1.29 is 19.0 Å². The number of aromatic nitrogens is 1. The van der Waals surface area contributed by atoms with Crippen molar-refractivity contribution in [2.45, 2.75) is 18.6 Å². The van der Waals surface area contributed by atoms with Crippen molar-refractivity contribution in [1.82, 2.24) is 4.98 Å². The summed E-state index contributed by atoms with van der Waals surface area (Å²) in [7, 11) is 1.54. The Hall–Kier alpha value is -2.14. The van der Waals surface area contributed by atoms with Crippen LogP contribution in [0.3, 0.4) is 0 Å². The Morgan fingerprint density at radius 1 is 1.35 bits per heavy atom. The Kier molecular flexibility index (Phi) is 3.28. The summed E-state index contributed by atoms with van der Waals surface area (Å²) < 4.78 is 24.0. The fourth-order valence-electron chi connectivity index (χ4n) is 2.32. The minimum atomic E-state index is -0.675. The highest BCUT2D eigenvalue weighted by Crippen LogP contribution is 2.40. The number of ether oxygens (including phenoxy) is 2. The number of hydrogen-bond donors (Lipinski definition) is 1. The molecule has 0 saturated carbocycles. The fraction of sp³-hybridized carbons (Fsp3) is 0.267. The first kappa shape index (κ1) is 12.9. The normalized spacial score (nSPS) is 20.9. The topological polar surface area (TPSA) is 51.6 Å². The second kappa shape index (κ2) is 5.09. The largest absolute Gasteiger partial charge is 0.485 e. The maximum Gasteiger partial charge on any atom is 0.212 e. The summed E-state index contributed by atoms with van der Waals surface area (Å²) in [4.78, 5) is 4.11. The minimum absolute atomic E-state index is 0.349. The highest BCUT2D eigenvalue weighted by Gasteiger charge is 2.28. The SMILES string of the molecule is COc1ccc(C2C[C@@H](O)c3ccc(F)cc3O2)cn1. The van der Waals surface area contributed by atoms with Gasteiger partial charge in [-0.2, -0.15) is 0 Å². The summed E-state index contributed by atoms with van der Waals surface area (Å²) >= 11 is 0. The molecule has 0 bridgehead atoms. The van der Waals surface area contributed by atoms with Crippen molar-refractivity contribution in [3.05, 3.63) is 53.5 Å². The van der Waals surface area contributed by atoms with E-state index in [-0.39, 0.29) is 11.9 Å². The number of aliphatic hydroxyl groups excluding tert-OH is 1. The predicted octanol–water partition coefficient (Wildman–Crippen LogP) is 2.79. The van der Waals surface area contributed by atoms with Gasteiger partial charge in [0, 0.05) is 35.9 Å². The van der Waals surface area contributed by atoms with E-state index in [0.717, 1.165) is 5.56 Å². The minimum Gasteiger partial charge on any atom is -0.485 e. The highest BCUT2D eigenvalue weighted by molar-refractivity contribution is 5.38. The monoisotopic (exact) mass is 275 g/mol. The molecule has 0 fully saturated rings. The molecule has 1 aliphatic rings. The number of pyridine rings is 1. The fourth-order valence-corrected chi connectivity index (χ4v) is 2.32. The standard InChI is InChI=1S/C15H14FNO3/c1-19-15-5-2-9(8-17-15)13-7-12(18)11-4-3-10(16)6-14(11)20-13/h2-6,8,12-13,18H,7H2,1H3/t12-,13?/m1/s1. The van der Waals surface area contributed by atoms with Gasteiger partial charge in [-0.1, -0.05) is 0 Å². The molecule has 0 aliphatic carbocycles. The lowest BCUT2D eigenvalue weighted by molar-refractivity contribution is 0.0652.